The van der Waals surface area contributed by atoms with Crippen LogP contribution in [-0.4, -0.2) is 98.4 Å². The summed E-state index contributed by atoms with van der Waals surface area (Å²) in [5.74, 6) is 0.0777. The van der Waals surface area contributed by atoms with E-state index in [2.05, 4.69) is 10.2 Å². The summed E-state index contributed by atoms with van der Waals surface area (Å²) in [6, 6.07) is 19.1. The Morgan fingerprint density at radius 2 is 1.65 bits per heavy atom. The number of anilines is 1. The summed E-state index contributed by atoms with van der Waals surface area (Å²) in [6.45, 7) is 6.55. The molecule has 1 atom stereocenters. The normalized spacial score (nSPS) is 18.9. The van der Waals surface area contributed by atoms with E-state index in [1.807, 2.05) is 65.6 Å². The Morgan fingerprint density at radius 1 is 0.941 bits per heavy atom. The van der Waals surface area contributed by atoms with Crippen LogP contribution < -0.4 is 5.32 Å². The molecule has 0 aliphatic carbocycles. The summed E-state index contributed by atoms with van der Waals surface area (Å²) in [5, 5.41) is 2.94. The minimum atomic E-state index is -0.223. The maximum absolute atomic E-state index is 13.2. The lowest BCUT2D eigenvalue weighted by Gasteiger charge is -2.36. The second-order valence-corrected chi connectivity index (χ2v) is 8.69. The molecule has 0 spiro atoms. The van der Waals surface area contributed by atoms with Crippen molar-refractivity contribution >= 4 is 17.6 Å². The van der Waals surface area contributed by atoms with E-state index in [0.717, 1.165) is 44.1 Å². The molecule has 34 heavy (non-hydrogen) atoms. The zero-order valence-electron chi connectivity index (χ0n) is 19.6. The molecule has 182 valence electrons. The van der Waals surface area contributed by atoms with Gasteiger partial charge < -0.3 is 24.6 Å². The molecule has 2 aliphatic heterocycles. The van der Waals surface area contributed by atoms with Crippen LogP contribution in [0.5, 0.6) is 0 Å². The van der Waals surface area contributed by atoms with Gasteiger partial charge >= 0.3 is 6.03 Å². The number of carbonyl (C=O) groups is 2. The summed E-state index contributed by atoms with van der Waals surface area (Å²) in [6.07, 6.45) is 0.134. The monoisotopic (exact) mass is 466 g/mol. The van der Waals surface area contributed by atoms with Gasteiger partial charge in [0.2, 0.25) is 5.91 Å². The van der Waals surface area contributed by atoms with Crippen LogP contribution in [0.4, 0.5) is 10.5 Å². The standard InChI is InChI=1S/C26H34N4O4/c31-25(19-22-7-3-1-4-8-22)29(12-11-28-13-16-33-17-14-28)20-24-21-30(15-18-34-24)26(32)27-23-9-5-2-6-10-23/h1-10,24H,11-21H2,(H,27,32). The predicted molar refractivity (Wildman–Crippen MR) is 131 cm³/mol. The SMILES string of the molecule is O=C(Cc1ccccc1)N(CCN1CCOCC1)CC1CN(C(=O)Nc2ccccc2)CCO1. The van der Waals surface area contributed by atoms with Crippen molar-refractivity contribution in [2.45, 2.75) is 12.5 Å². The molecule has 2 saturated heterocycles. The zero-order chi connectivity index (χ0) is 23.6. The van der Waals surface area contributed by atoms with E-state index in [4.69, 9.17) is 9.47 Å². The molecule has 0 bridgehead atoms. The number of para-hydroxylation sites is 1. The topological polar surface area (TPSA) is 74.4 Å². The number of rotatable bonds is 8. The van der Waals surface area contributed by atoms with E-state index in [0.29, 0.717) is 39.2 Å². The van der Waals surface area contributed by atoms with Crippen molar-refractivity contribution in [3.8, 4) is 0 Å². The van der Waals surface area contributed by atoms with Crippen LogP contribution in [0, 0.1) is 0 Å². The van der Waals surface area contributed by atoms with Crippen LogP contribution in [0.2, 0.25) is 0 Å². The quantitative estimate of drug-likeness (QED) is 0.646. The molecular formula is C26H34N4O4. The number of benzene rings is 2. The van der Waals surface area contributed by atoms with Crippen molar-refractivity contribution in [2.75, 3.05) is 71.0 Å². The Morgan fingerprint density at radius 3 is 2.38 bits per heavy atom. The zero-order valence-corrected chi connectivity index (χ0v) is 19.6. The third-order valence-electron chi connectivity index (χ3n) is 6.22. The van der Waals surface area contributed by atoms with Gasteiger partial charge in [-0.3, -0.25) is 9.69 Å². The highest BCUT2D eigenvalue weighted by Crippen LogP contribution is 2.13. The molecule has 2 aliphatic rings. The molecule has 8 heteroatoms. The average molecular weight is 467 g/mol. The van der Waals surface area contributed by atoms with Gasteiger partial charge in [0.05, 0.1) is 38.9 Å². The fourth-order valence-corrected chi connectivity index (χ4v) is 4.27. The van der Waals surface area contributed by atoms with Gasteiger partial charge in [0.15, 0.2) is 0 Å². The molecule has 4 rings (SSSR count). The molecule has 2 aromatic carbocycles. The molecule has 0 saturated carbocycles. The van der Waals surface area contributed by atoms with Gasteiger partial charge in [-0.25, -0.2) is 4.79 Å². The van der Waals surface area contributed by atoms with Crippen LogP contribution in [0.3, 0.4) is 0 Å². The first kappa shape index (κ1) is 24.2. The van der Waals surface area contributed by atoms with Crippen molar-refractivity contribution in [3.05, 3.63) is 66.2 Å². The Kier molecular flexibility index (Phi) is 8.90. The summed E-state index contributed by atoms with van der Waals surface area (Å²) < 4.78 is 11.4. The highest BCUT2D eigenvalue weighted by atomic mass is 16.5. The van der Waals surface area contributed by atoms with Crippen LogP contribution >= 0.6 is 0 Å². The maximum atomic E-state index is 13.2. The summed E-state index contributed by atoms with van der Waals surface area (Å²) >= 11 is 0. The Labute approximate surface area is 201 Å². The van der Waals surface area contributed by atoms with Gasteiger partial charge in [0.25, 0.3) is 0 Å². The second-order valence-electron chi connectivity index (χ2n) is 8.69. The Bertz CT molecular complexity index is 906. The van der Waals surface area contributed by atoms with E-state index in [1.54, 1.807) is 4.90 Å². The summed E-state index contributed by atoms with van der Waals surface area (Å²) in [4.78, 5) is 32.0. The number of hydrogen-bond donors (Lipinski definition) is 1. The second kappa shape index (κ2) is 12.5. The Balaban J connectivity index is 1.36. The molecule has 1 N–H and O–H groups in total. The molecule has 0 aromatic heterocycles. The predicted octanol–water partition coefficient (Wildman–Crippen LogP) is 2.32. The fraction of sp³-hybridized carbons (Fsp3) is 0.462. The van der Waals surface area contributed by atoms with E-state index in [1.165, 1.54) is 0 Å². The number of ether oxygens (including phenoxy) is 2. The first-order valence-corrected chi connectivity index (χ1v) is 12.0. The lowest BCUT2D eigenvalue weighted by Crippen LogP contribution is -2.52. The van der Waals surface area contributed by atoms with E-state index < -0.39 is 0 Å². The minimum absolute atomic E-state index is 0.0777. The smallest absolute Gasteiger partial charge is 0.322 e. The van der Waals surface area contributed by atoms with Crippen molar-refractivity contribution < 1.29 is 19.1 Å². The number of carbonyl (C=O) groups excluding carboxylic acids is 2. The van der Waals surface area contributed by atoms with Crippen molar-refractivity contribution in [1.29, 1.82) is 0 Å². The first-order valence-electron chi connectivity index (χ1n) is 12.0. The highest BCUT2D eigenvalue weighted by molar-refractivity contribution is 5.89. The number of morpholine rings is 2. The molecule has 1 unspecified atom stereocenters. The average Bonchev–Trinajstić information content (AvgIpc) is 2.88. The van der Waals surface area contributed by atoms with Crippen LogP contribution in [0.1, 0.15) is 5.56 Å². The van der Waals surface area contributed by atoms with Gasteiger partial charge in [-0.05, 0) is 17.7 Å². The van der Waals surface area contributed by atoms with E-state index in [9.17, 15) is 9.59 Å². The van der Waals surface area contributed by atoms with Gasteiger partial charge in [-0.2, -0.15) is 0 Å². The van der Waals surface area contributed by atoms with Crippen molar-refractivity contribution in [3.63, 3.8) is 0 Å². The number of urea groups is 1. The Hall–Kier alpha value is -2.94. The highest BCUT2D eigenvalue weighted by Gasteiger charge is 2.28. The fourth-order valence-electron chi connectivity index (χ4n) is 4.27. The molecule has 2 aromatic rings. The number of nitrogens with zero attached hydrogens (tertiary/aromatic N) is 3. The molecule has 0 radical (unpaired) electrons. The van der Waals surface area contributed by atoms with Gasteiger partial charge in [0.1, 0.15) is 0 Å². The largest absolute Gasteiger partial charge is 0.379 e. The molecule has 2 fully saturated rings. The number of nitrogens with one attached hydrogen (secondary N) is 1. The maximum Gasteiger partial charge on any atom is 0.322 e. The van der Waals surface area contributed by atoms with E-state index in [-0.39, 0.29) is 18.0 Å². The summed E-state index contributed by atoms with van der Waals surface area (Å²) in [5.41, 5.74) is 1.76. The van der Waals surface area contributed by atoms with Crippen molar-refractivity contribution in [1.82, 2.24) is 14.7 Å². The molecular weight excluding hydrogens is 432 g/mol. The first-order chi connectivity index (χ1) is 16.7. The molecule has 8 nitrogen and oxygen atoms in total. The number of hydrogen-bond acceptors (Lipinski definition) is 5. The van der Waals surface area contributed by atoms with Crippen LogP contribution in [-0.2, 0) is 20.7 Å². The molecule has 2 heterocycles. The third-order valence-corrected chi connectivity index (χ3v) is 6.22. The van der Waals surface area contributed by atoms with Crippen LogP contribution in [0.15, 0.2) is 60.7 Å². The summed E-state index contributed by atoms with van der Waals surface area (Å²) in [7, 11) is 0. The van der Waals surface area contributed by atoms with Gasteiger partial charge in [-0.15, -0.1) is 0 Å². The molecule has 3 amide bonds. The third kappa shape index (κ3) is 7.28. The lowest BCUT2D eigenvalue weighted by atomic mass is 10.1. The lowest BCUT2D eigenvalue weighted by molar-refractivity contribution is -0.134. The number of amides is 3. The van der Waals surface area contributed by atoms with Crippen LogP contribution in [0.25, 0.3) is 0 Å². The minimum Gasteiger partial charge on any atom is -0.379 e. The van der Waals surface area contributed by atoms with E-state index >= 15 is 0 Å². The van der Waals surface area contributed by atoms with Gasteiger partial charge in [0, 0.05) is 45.0 Å². The van der Waals surface area contributed by atoms with Gasteiger partial charge in [-0.1, -0.05) is 48.5 Å². The van der Waals surface area contributed by atoms with Crippen molar-refractivity contribution in [2.24, 2.45) is 0 Å².